The second-order valence-corrected chi connectivity index (χ2v) is 8.82. The lowest BCUT2D eigenvalue weighted by molar-refractivity contribution is -0.138. The van der Waals surface area contributed by atoms with Crippen molar-refractivity contribution in [3.63, 3.8) is 0 Å². The molecule has 2 aliphatic rings. The Kier molecular flexibility index (Phi) is 4.49. The summed E-state index contributed by atoms with van der Waals surface area (Å²) in [6.45, 7) is 1.84. The number of hydrogen-bond acceptors (Lipinski definition) is 4. The van der Waals surface area contributed by atoms with Gasteiger partial charge in [0.05, 0.1) is 16.9 Å². The molecule has 0 radical (unpaired) electrons. The summed E-state index contributed by atoms with van der Waals surface area (Å²) in [5, 5.41) is -0.646. The molecule has 1 N–H and O–H groups in total. The molecule has 1 aromatic carbocycles. The molecule has 0 aromatic heterocycles. The highest BCUT2D eigenvalue weighted by Gasteiger charge is 2.48. The molecule has 3 unspecified atom stereocenters. The smallest absolute Gasteiger partial charge is 0.324 e. The van der Waals surface area contributed by atoms with E-state index in [1.807, 2.05) is 19.1 Å². The van der Waals surface area contributed by atoms with Gasteiger partial charge in [-0.1, -0.05) is 18.2 Å². The zero-order valence-electron chi connectivity index (χ0n) is 14.6. The van der Waals surface area contributed by atoms with Gasteiger partial charge in [-0.3, -0.25) is 14.4 Å². The first-order valence-electron chi connectivity index (χ1n) is 8.34. The summed E-state index contributed by atoms with van der Waals surface area (Å²) in [5.41, 5.74) is 1.41. The minimum atomic E-state index is -3.61. The summed E-state index contributed by atoms with van der Waals surface area (Å²) in [7, 11) is -0.490. The van der Waals surface area contributed by atoms with E-state index in [4.69, 9.17) is 0 Å². The average Bonchev–Trinajstić information content (AvgIpc) is 2.59. The summed E-state index contributed by atoms with van der Waals surface area (Å²) in [6, 6.07) is 6.65. The fraction of sp³-hybridized carbons (Fsp3) is 0.529. The van der Waals surface area contributed by atoms with E-state index in [-0.39, 0.29) is 24.4 Å². The molecule has 1 aromatic rings. The first-order chi connectivity index (χ1) is 11.7. The fourth-order valence-corrected chi connectivity index (χ4v) is 5.38. The van der Waals surface area contributed by atoms with Gasteiger partial charge in [-0.15, -0.1) is 0 Å². The third-order valence-corrected chi connectivity index (χ3v) is 7.15. The van der Waals surface area contributed by atoms with E-state index in [0.717, 1.165) is 10.5 Å². The number of carbonyl (C=O) groups is 2. The van der Waals surface area contributed by atoms with Crippen molar-refractivity contribution >= 4 is 27.6 Å². The van der Waals surface area contributed by atoms with Crippen LogP contribution in [0.3, 0.4) is 0 Å². The van der Waals surface area contributed by atoms with Crippen LogP contribution in [0, 0.1) is 12.8 Å². The molecular formula is C17H23N3O4S. The van der Waals surface area contributed by atoms with Crippen LogP contribution in [-0.2, 0) is 14.8 Å². The molecule has 3 atom stereocenters. The number of hydrogen-bond donors (Lipinski definition) is 1. The molecule has 0 spiro atoms. The van der Waals surface area contributed by atoms with Crippen molar-refractivity contribution in [3.05, 3.63) is 29.8 Å². The number of imide groups is 1. The largest absolute Gasteiger partial charge is 0.326 e. The van der Waals surface area contributed by atoms with Crippen molar-refractivity contribution < 1.29 is 18.0 Å². The molecule has 3 amide bonds. The van der Waals surface area contributed by atoms with Crippen molar-refractivity contribution in [3.8, 4) is 0 Å². The van der Waals surface area contributed by atoms with Gasteiger partial charge in [-0.05, 0) is 37.8 Å². The van der Waals surface area contributed by atoms with Crippen LogP contribution in [0.5, 0.6) is 0 Å². The lowest BCUT2D eigenvalue weighted by Gasteiger charge is -2.45. The van der Waals surface area contributed by atoms with Crippen LogP contribution in [-0.4, -0.2) is 55.5 Å². The number of fused-ring (bicyclic) bond motifs is 1. The summed E-state index contributed by atoms with van der Waals surface area (Å²) in [5.74, 6) is -0.760. The Morgan fingerprint density at radius 2 is 1.80 bits per heavy atom. The monoisotopic (exact) mass is 365 g/mol. The minimum absolute atomic E-state index is 0.221. The van der Waals surface area contributed by atoms with Gasteiger partial charge in [0, 0.05) is 20.1 Å². The lowest BCUT2D eigenvalue weighted by Crippen LogP contribution is -2.61. The number of anilines is 1. The predicted octanol–water partition coefficient (Wildman–Crippen LogP) is 1.80. The van der Waals surface area contributed by atoms with Gasteiger partial charge in [0.1, 0.15) is 0 Å². The molecule has 7 nitrogen and oxygen atoms in total. The van der Waals surface area contributed by atoms with Crippen molar-refractivity contribution in [2.45, 2.75) is 37.5 Å². The SMILES string of the molecule is Cc1ccccc1NS(=O)(=O)C1CCC2C(C1)C(=O)N(C)C(=O)N2C. The minimum Gasteiger partial charge on any atom is -0.324 e. The molecule has 25 heavy (non-hydrogen) atoms. The number of amides is 3. The van der Waals surface area contributed by atoms with Crippen molar-refractivity contribution in [2.75, 3.05) is 18.8 Å². The van der Waals surface area contributed by atoms with E-state index < -0.39 is 21.2 Å². The molecule has 1 saturated heterocycles. The zero-order valence-corrected chi connectivity index (χ0v) is 15.4. The quantitative estimate of drug-likeness (QED) is 0.885. The first-order valence-corrected chi connectivity index (χ1v) is 9.88. The Bertz CT molecular complexity index is 808. The highest BCUT2D eigenvalue weighted by atomic mass is 32.2. The van der Waals surface area contributed by atoms with Gasteiger partial charge in [0.25, 0.3) is 0 Å². The number of carbonyl (C=O) groups excluding carboxylic acids is 2. The fourth-order valence-electron chi connectivity index (χ4n) is 3.77. The molecule has 2 fully saturated rings. The summed E-state index contributed by atoms with van der Waals surface area (Å²) < 4.78 is 28.3. The number of urea groups is 1. The molecule has 1 saturated carbocycles. The number of para-hydroxylation sites is 1. The number of rotatable bonds is 3. The van der Waals surface area contributed by atoms with Crippen LogP contribution in [0.15, 0.2) is 24.3 Å². The van der Waals surface area contributed by atoms with E-state index in [2.05, 4.69) is 4.72 Å². The highest BCUT2D eigenvalue weighted by Crippen LogP contribution is 2.36. The van der Waals surface area contributed by atoms with E-state index in [1.54, 1.807) is 24.1 Å². The van der Waals surface area contributed by atoms with Gasteiger partial charge < -0.3 is 4.90 Å². The maximum atomic E-state index is 12.8. The molecule has 3 rings (SSSR count). The first kappa shape index (κ1) is 17.7. The van der Waals surface area contributed by atoms with E-state index in [0.29, 0.717) is 18.5 Å². The highest BCUT2D eigenvalue weighted by molar-refractivity contribution is 7.93. The van der Waals surface area contributed by atoms with Gasteiger partial charge in [0.2, 0.25) is 15.9 Å². The Balaban J connectivity index is 1.80. The van der Waals surface area contributed by atoms with Crippen LogP contribution in [0.1, 0.15) is 24.8 Å². The number of nitrogens with one attached hydrogen (secondary N) is 1. The van der Waals surface area contributed by atoms with Crippen LogP contribution in [0.4, 0.5) is 10.5 Å². The van der Waals surface area contributed by atoms with Crippen LogP contribution >= 0.6 is 0 Å². The van der Waals surface area contributed by atoms with E-state index >= 15 is 0 Å². The van der Waals surface area contributed by atoms with Crippen molar-refractivity contribution in [1.82, 2.24) is 9.80 Å². The number of aryl methyl sites for hydroxylation is 1. The molecule has 0 bridgehead atoms. The van der Waals surface area contributed by atoms with Crippen molar-refractivity contribution in [1.29, 1.82) is 0 Å². The Morgan fingerprint density at radius 3 is 2.48 bits per heavy atom. The maximum absolute atomic E-state index is 12.8. The number of nitrogens with zero attached hydrogens (tertiary/aromatic N) is 2. The summed E-state index contributed by atoms with van der Waals surface area (Å²) in [4.78, 5) is 27.2. The van der Waals surface area contributed by atoms with Crippen LogP contribution in [0.25, 0.3) is 0 Å². The van der Waals surface area contributed by atoms with Crippen LogP contribution in [0.2, 0.25) is 0 Å². The average molecular weight is 365 g/mol. The van der Waals surface area contributed by atoms with E-state index in [1.165, 1.54) is 7.05 Å². The number of sulfonamides is 1. The molecule has 8 heteroatoms. The Morgan fingerprint density at radius 1 is 1.12 bits per heavy atom. The second-order valence-electron chi connectivity index (χ2n) is 6.86. The molecular weight excluding hydrogens is 342 g/mol. The summed E-state index contributed by atoms with van der Waals surface area (Å²) in [6.07, 6.45) is 1.16. The van der Waals surface area contributed by atoms with Gasteiger partial charge in [-0.2, -0.15) is 0 Å². The Labute approximate surface area is 148 Å². The standard InChI is InChI=1S/C17H23N3O4S/c1-11-6-4-5-7-14(11)18-25(23,24)12-8-9-15-13(10-12)16(21)20(3)17(22)19(15)2/h4-7,12-13,15,18H,8-10H2,1-3H3. The van der Waals surface area contributed by atoms with E-state index in [9.17, 15) is 18.0 Å². The maximum Gasteiger partial charge on any atom is 0.326 e. The van der Waals surface area contributed by atoms with Crippen molar-refractivity contribution in [2.24, 2.45) is 5.92 Å². The predicted molar refractivity (Wildman–Crippen MR) is 94.6 cm³/mol. The summed E-state index contributed by atoms with van der Waals surface area (Å²) >= 11 is 0. The third kappa shape index (κ3) is 3.10. The normalized spacial score (nSPS) is 27.2. The molecule has 1 heterocycles. The Hall–Kier alpha value is -2.09. The lowest BCUT2D eigenvalue weighted by atomic mass is 9.81. The number of benzene rings is 1. The molecule has 1 aliphatic heterocycles. The molecule has 1 aliphatic carbocycles. The van der Waals surface area contributed by atoms with Crippen LogP contribution < -0.4 is 4.72 Å². The molecule has 136 valence electrons. The van der Waals surface area contributed by atoms with Gasteiger partial charge in [-0.25, -0.2) is 13.2 Å². The zero-order chi connectivity index (χ0) is 18.4. The second kappa shape index (κ2) is 6.33. The third-order valence-electron chi connectivity index (χ3n) is 5.34. The topological polar surface area (TPSA) is 86.8 Å². The van der Waals surface area contributed by atoms with Gasteiger partial charge >= 0.3 is 6.03 Å². The van der Waals surface area contributed by atoms with Gasteiger partial charge in [0.15, 0.2) is 0 Å².